The third-order valence-electron chi connectivity index (χ3n) is 2.94. The summed E-state index contributed by atoms with van der Waals surface area (Å²) < 4.78 is 5.67. The number of carboxylic acid groups (broad SMARTS) is 1. The molecule has 1 atom stereocenters. The molecule has 0 aliphatic carbocycles. The van der Waals surface area contributed by atoms with Crippen LogP contribution in [0.3, 0.4) is 0 Å². The molecule has 0 saturated carbocycles. The van der Waals surface area contributed by atoms with Crippen LogP contribution < -0.4 is 10.1 Å². The number of carbonyl (C=O) groups is 2. The summed E-state index contributed by atoms with van der Waals surface area (Å²) in [6, 6.07) is 16.1. The predicted molar refractivity (Wildman–Crippen MR) is 77.4 cm³/mol. The number of aliphatic carboxylic acids is 1. The number of carbonyl (C=O) groups excluding carboxylic acids is 1. The van der Waals surface area contributed by atoms with E-state index in [4.69, 9.17) is 4.74 Å². The number of rotatable bonds is 7. The molecule has 21 heavy (non-hydrogen) atoms. The Labute approximate surface area is 122 Å². The summed E-state index contributed by atoms with van der Waals surface area (Å²) >= 11 is 0. The second-order valence-electron chi connectivity index (χ2n) is 4.40. The average Bonchev–Trinajstić information content (AvgIpc) is 2.49. The van der Waals surface area contributed by atoms with E-state index in [9.17, 15) is 14.7 Å². The average molecular weight is 285 g/mol. The van der Waals surface area contributed by atoms with Gasteiger partial charge in [0.25, 0.3) is 0 Å². The summed E-state index contributed by atoms with van der Waals surface area (Å²) in [5, 5.41) is 11.6. The number of amides is 1. The molecular formula is C16H15NO4. The van der Waals surface area contributed by atoms with E-state index in [0.29, 0.717) is 23.5 Å². The van der Waals surface area contributed by atoms with E-state index in [1.165, 1.54) is 0 Å². The van der Waals surface area contributed by atoms with Crippen LogP contribution in [0.1, 0.15) is 11.5 Å². The zero-order valence-electron chi connectivity index (χ0n) is 11.2. The first kappa shape index (κ1) is 14.6. The molecule has 1 amide bonds. The van der Waals surface area contributed by atoms with Crippen LogP contribution in [-0.4, -0.2) is 24.0 Å². The summed E-state index contributed by atoms with van der Waals surface area (Å²) in [5.74, 6) is -0.584. The van der Waals surface area contributed by atoms with Crippen LogP contribution in [0.4, 0.5) is 0 Å². The topological polar surface area (TPSA) is 75.6 Å². The van der Waals surface area contributed by atoms with Crippen molar-refractivity contribution in [1.29, 1.82) is 0 Å². The molecule has 2 N–H and O–H groups in total. The summed E-state index contributed by atoms with van der Waals surface area (Å²) in [7, 11) is 0. The number of hydrogen-bond donors (Lipinski definition) is 2. The lowest BCUT2D eigenvalue weighted by Gasteiger charge is -2.13. The Morgan fingerprint density at radius 3 is 2.52 bits per heavy atom. The molecule has 108 valence electrons. The van der Waals surface area contributed by atoms with Gasteiger partial charge in [0.2, 0.25) is 6.41 Å². The molecule has 0 aliphatic rings. The van der Waals surface area contributed by atoms with Crippen molar-refractivity contribution in [2.45, 2.75) is 5.92 Å². The molecule has 1 unspecified atom stereocenters. The van der Waals surface area contributed by atoms with E-state index in [2.05, 4.69) is 5.32 Å². The van der Waals surface area contributed by atoms with Crippen LogP contribution in [-0.2, 0) is 9.59 Å². The fraction of sp³-hybridized carbons (Fsp3) is 0.125. The lowest BCUT2D eigenvalue weighted by molar-refractivity contribution is -0.138. The van der Waals surface area contributed by atoms with Gasteiger partial charge >= 0.3 is 5.97 Å². The maximum atomic E-state index is 11.3. The minimum atomic E-state index is -0.999. The van der Waals surface area contributed by atoms with Gasteiger partial charge in [-0.25, -0.2) is 0 Å². The van der Waals surface area contributed by atoms with E-state index in [0.717, 1.165) is 0 Å². The minimum Gasteiger partial charge on any atom is -0.481 e. The van der Waals surface area contributed by atoms with Crippen molar-refractivity contribution in [2.75, 3.05) is 6.54 Å². The molecule has 0 heterocycles. The molecule has 2 rings (SSSR count). The van der Waals surface area contributed by atoms with Gasteiger partial charge in [-0.3, -0.25) is 9.59 Å². The zero-order chi connectivity index (χ0) is 15.1. The molecule has 0 aromatic heterocycles. The molecular weight excluding hydrogens is 270 g/mol. The predicted octanol–water partition coefficient (Wildman–Crippen LogP) is 2.39. The Balaban J connectivity index is 2.19. The highest BCUT2D eigenvalue weighted by molar-refractivity contribution is 5.77. The van der Waals surface area contributed by atoms with Gasteiger partial charge < -0.3 is 15.2 Å². The number of nitrogens with one attached hydrogen (secondary N) is 1. The smallest absolute Gasteiger partial charge is 0.312 e. The highest BCUT2D eigenvalue weighted by Gasteiger charge is 2.19. The Morgan fingerprint density at radius 2 is 1.86 bits per heavy atom. The van der Waals surface area contributed by atoms with Crippen molar-refractivity contribution >= 4 is 12.4 Å². The third-order valence-corrected chi connectivity index (χ3v) is 2.94. The standard InChI is InChI=1S/C16H15NO4/c18-11-17-10-15(16(19)20)12-5-4-8-14(9-12)21-13-6-2-1-3-7-13/h1-9,11,15H,10H2,(H,17,18)(H,19,20). The summed E-state index contributed by atoms with van der Waals surface area (Å²) in [6.45, 7) is 0.0353. The second-order valence-corrected chi connectivity index (χ2v) is 4.40. The minimum absolute atomic E-state index is 0.0353. The fourth-order valence-electron chi connectivity index (χ4n) is 1.93. The highest BCUT2D eigenvalue weighted by Crippen LogP contribution is 2.25. The lowest BCUT2D eigenvalue weighted by atomic mass is 9.99. The van der Waals surface area contributed by atoms with Crippen molar-refractivity contribution in [3.8, 4) is 11.5 Å². The molecule has 2 aromatic carbocycles. The Kier molecular flexibility index (Phi) is 4.93. The monoisotopic (exact) mass is 285 g/mol. The van der Waals surface area contributed by atoms with E-state index >= 15 is 0 Å². The number of hydrogen-bond acceptors (Lipinski definition) is 3. The molecule has 0 saturated heterocycles. The number of ether oxygens (including phenoxy) is 1. The first-order valence-corrected chi connectivity index (χ1v) is 6.43. The molecule has 0 radical (unpaired) electrons. The highest BCUT2D eigenvalue weighted by atomic mass is 16.5. The van der Waals surface area contributed by atoms with Crippen molar-refractivity contribution < 1.29 is 19.4 Å². The third kappa shape index (κ3) is 4.07. The second kappa shape index (κ2) is 7.09. The Hall–Kier alpha value is -2.82. The quantitative estimate of drug-likeness (QED) is 0.766. The van der Waals surface area contributed by atoms with Gasteiger partial charge in [-0.2, -0.15) is 0 Å². The number of para-hydroxylation sites is 1. The van der Waals surface area contributed by atoms with Crippen LogP contribution in [0.5, 0.6) is 11.5 Å². The summed E-state index contributed by atoms with van der Waals surface area (Å²) in [5.41, 5.74) is 0.574. The van der Waals surface area contributed by atoms with Crippen molar-refractivity contribution in [1.82, 2.24) is 5.32 Å². The fourth-order valence-corrected chi connectivity index (χ4v) is 1.93. The largest absolute Gasteiger partial charge is 0.481 e. The van der Waals surface area contributed by atoms with Crippen LogP contribution in [0.15, 0.2) is 54.6 Å². The van der Waals surface area contributed by atoms with Crippen molar-refractivity contribution in [2.24, 2.45) is 0 Å². The molecule has 5 heteroatoms. The van der Waals surface area contributed by atoms with Gasteiger partial charge in [0, 0.05) is 6.54 Å². The first-order chi connectivity index (χ1) is 10.2. The van der Waals surface area contributed by atoms with Gasteiger partial charge in [-0.15, -0.1) is 0 Å². The molecule has 5 nitrogen and oxygen atoms in total. The van der Waals surface area contributed by atoms with Crippen LogP contribution in [0.2, 0.25) is 0 Å². The molecule has 0 bridgehead atoms. The SMILES string of the molecule is O=CNCC(C(=O)O)c1cccc(Oc2ccccc2)c1. The Bertz CT molecular complexity index is 613. The number of carboxylic acids is 1. The van der Waals surface area contributed by atoms with E-state index in [-0.39, 0.29) is 6.54 Å². The maximum Gasteiger partial charge on any atom is 0.312 e. The van der Waals surface area contributed by atoms with E-state index < -0.39 is 11.9 Å². The molecule has 0 fully saturated rings. The summed E-state index contributed by atoms with van der Waals surface area (Å²) in [4.78, 5) is 21.6. The van der Waals surface area contributed by atoms with Gasteiger partial charge in [-0.1, -0.05) is 30.3 Å². The summed E-state index contributed by atoms with van der Waals surface area (Å²) in [6.07, 6.45) is 0.486. The van der Waals surface area contributed by atoms with Gasteiger partial charge in [0.1, 0.15) is 11.5 Å². The van der Waals surface area contributed by atoms with Gasteiger partial charge in [-0.05, 0) is 29.8 Å². The van der Waals surface area contributed by atoms with Crippen molar-refractivity contribution in [3.63, 3.8) is 0 Å². The van der Waals surface area contributed by atoms with Crippen LogP contribution in [0, 0.1) is 0 Å². The maximum absolute atomic E-state index is 11.3. The van der Waals surface area contributed by atoms with Crippen molar-refractivity contribution in [3.05, 3.63) is 60.2 Å². The van der Waals surface area contributed by atoms with Gasteiger partial charge in [0.15, 0.2) is 0 Å². The van der Waals surface area contributed by atoms with E-state index in [1.54, 1.807) is 24.3 Å². The molecule has 2 aromatic rings. The molecule has 0 aliphatic heterocycles. The normalized spacial score (nSPS) is 11.4. The van der Waals surface area contributed by atoms with E-state index in [1.807, 2.05) is 30.3 Å². The first-order valence-electron chi connectivity index (χ1n) is 6.43. The van der Waals surface area contributed by atoms with Crippen LogP contribution >= 0.6 is 0 Å². The molecule has 0 spiro atoms. The van der Waals surface area contributed by atoms with Gasteiger partial charge in [0.05, 0.1) is 5.92 Å². The van der Waals surface area contributed by atoms with Crippen LogP contribution in [0.25, 0.3) is 0 Å². The number of benzene rings is 2. The lowest BCUT2D eigenvalue weighted by Crippen LogP contribution is -2.25. The zero-order valence-corrected chi connectivity index (χ0v) is 11.2. The Morgan fingerprint density at radius 1 is 1.14 bits per heavy atom.